The van der Waals surface area contributed by atoms with Crippen molar-refractivity contribution in [2.75, 3.05) is 0 Å². The molecule has 0 bridgehead atoms. The van der Waals surface area contributed by atoms with E-state index in [0.29, 0.717) is 0 Å². The van der Waals surface area contributed by atoms with E-state index < -0.39 is 6.10 Å². The highest BCUT2D eigenvalue weighted by Crippen LogP contribution is 2.13. The molecular weight excluding hydrogens is 212 g/mol. The average molecular weight is 236 g/mol. The maximum absolute atomic E-state index is 11.5. The van der Waals surface area contributed by atoms with Crippen molar-refractivity contribution in [3.05, 3.63) is 11.6 Å². The number of carbonyl (C=O) groups is 1. The summed E-state index contributed by atoms with van der Waals surface area (Å²) >= 11 is 0. The largest absolute Gasteiger partial charge is 0.388 e. The summed E-state index contributed by atoms with van der Waals surface area (Å²) in [6.07, 6.45) is 8.59. The van der Waals surface area contributed by atoms with E-state index in [-0.39, 0.29) is 24.0 Å². The molecule has 1 N–H and O–H groups in total. The number of carbonyl (C=O) groups excluding carboxylic acids is 1. The van der Waals surface area contributed by atoms with Gasteiger partial charge in [0.1, 0.15) is 5.78 Å². The molecule has 2 heteroatoms. The SMILES string of the molecule is C#C[C@H](C)CC/C=C(\C)[C@H](O)CC(=O)C(C)C. The van der Waals surface area contributed by atoms with Crippen LogP contribution in [0.25, 0.3) is 0 Å². The van der Waals surface area contributed by atoms with Gasteiger partial charge in [0.15, 0.2) is 0 Å². The first kappa shape index (κ1) is 15.9. The minimum Gasteiger partial charge on any atom is -0.388 e. The lowest BCUT2D eigenvalue weighted by Gasteiger charge is -2.12. The van der Waals surface area contributed by atoms with Crippen molar-refractivity contribution >= 4 is 5.78 Å². The Kier molecular flexibility index (Phi) is 7.58. The minimum absolute atomic E-state index is 0.0149. The first-order valence-electron chi connectivity index (χ1n) is 6.22. The predicted octanol–water partition coefficient (Wildman–Crippen LogP) is 2.96. The number of ketones is 1. The fourth-order valence-electron chi connectivity index (χ4n) is 1.37. The quantitative estimate of drug-likeness (QED) is 0.545. The van der Waals surface area contributed by atoms with Crippen LogP contribution in [0.5, 0.6) is 0 Å². The number of aliphatic hydroxyl groups excluding tert-OH is 1. The maximum atomic E-state index is 11.5. The summed E-state index contributed by atoms with van der Waals surface area (Å²) in [4.78, 5) is 11.5. The van der Waals surface area contributed by atoms with E-state index in [4.69, 9.17) is 6.42 Å². The van der Waals surface area contributed by atoms with Gasteiger partial charge >= 0.3 is 0 Å². The van der Waals surface area contributed by atoms with E-state index in [1.54, 1.807) is 0 Å². The smallest absolute Gasteiger partial charge is 0.138 e. The predicted molar refractivity (Wildman–Crippen MR) is 71.5 cm³/mol. The Balaban J connectivity index is 4.12. The van der Waals surface area contributed by atoms with Gasteiger partial charge in [0.25, 0.3) is 0 Å². The highest BCUT2D eigenvalue weighted by Gasteiger charge is 2.14. The molecule has 0 aliphatic rings. The summed E-state index contributed by atoms with van der Waals surface area (Å²) < 4.78 is 0. The Hall–Kier alpha value is -1.07. The van der Waals surface area contributed by atoms with Crippen molar-refractivity contribution in [2.24, 2.45) is 11.8 Å². The molecular formula is C15H24O2. The molecule has 0 aromatic rings. The molecule has 0 saturated carbocycles. The van der Waals surface area contributed by atoms with Gasteiger partial charge < -0.3 is 5.11 Å². The van der Waals surface area contributed by atoms with Gasteiger partial charge in [0.2, 0.25) is 0 Å². The molecule has 0 rings (SSSR count). The Morgan fingerprint density at radius 3 is 2.47 bits per heavy atom. The van der Waals surface area contributed by atoms with Crippen LogP contribution in [0.4, 0.5) is 0 Å². The highest BCUT2D eigenvalue weighted by molar-refractivity contribution is 5.81. The zero-order valence-electron chi connectivity index (χ0n) is 11.4. The molecule has 2 atom stereocenters. The van der Waals surface area contributed by atoms with Crippen molar-refractivity contribution in [2.45, 2.75) is 53.1 Å². The molecule has 0 spiro atoms. The fourth-order valence-corrected chi connectivity index (χ4v) is 1.37. The lowest BCUT2D eigenvalue weighted by atomic mass is 9.98. The summed E-state index contributed by atoms with van der Waals surface area (Å²) in [6, 6.07) is 0. The summed E-state index contributed by atoms with van der Waals surface area (Å²) in [7, 11) is 0. The number of allylic oxidation sites excluding steroid dienone is 1. The van der Waals surface area contributed by atoms with Crippen LogP contribution in [-0.4, -0.2) is 17.0 Å². The van der Waals surface area contributed by atoms with Crippen LogP contribution < -0.4 is 0 Å². The first-order chi connectivity index (χ1) is 7.88. The molecule has 96 valence electrons. The van der Waals surface area contributed by atoms with Crippen LogP contribution in [0.1, 0.15) is 47.0 Å². The van der Waals surface area contributed by atoms with Gasteiger partial charge in [-0.1, -0.05) is 26.8 Å². The second kappa shape index (κ2) is 8.08. The monoisotopic (exact) mass is 236 g/mol. The Labute approximate surface area is 105 Å². The zero-order valence-corrected chi connectivity index (χ0v) is 11.4. The Bertz CT molecular complexity index is 307. The molecule has 17 heavy (non-hydrogen) atoms. The molecule has 0 amide bonds. The lowest BCUT2D eigenvalue weighted by molar-refractivity contribution is -0.123. The van der Waals surface area contributed by atoms with E-state index in [1.807, 2.05) is 33.8 Å². The van der Waals surface area contributed by atoms with Gasteiger partial charge in [-0.15, -0.1) is 12.3 Å². The summed E-state index contributed by atoms with van der Waals surface area (Å²) in [5.41, 5.74) is 0.864. The number of terminal acetylenes is 1. The van der Waals surface area contributed by atoms with E-state index in [9.17, 15) is 9.90 Å². The van der Waals surface area contributed by atoms with Crippen molar-refractivity contribution in [1.82, 2.24) is 0 Å². The van der Waals surface area contributed by atoms with E-state index >= 15 is 0 Å². The number of hydrogen-bond acceptors (Lipinski definition) is 2. The third-order valence-corrected chi connectivity index (χ3v) is 2.91. The number of rotatable bonds is 7. The van der Waals surface area contributed by atoms with Crippen LogP contribution >= 0.6 is 0 Å². The van der Waals surface area contributed by atoms with Crippen LogP contribution in [0, 0.1) is 24.2 Å². The molecule has 0 unspecified atom stereocenters. The van der Waals surface area contributed by atoms with Gasteiger partial charge in [-0.3, -0.25) is 4.79 Å². The Morgan fingerprint density at radius 1 is 1.41 bits per heavy atom. The molecule has 0 radical (unpaired) electrons. The van der Waals surface area contributed by atoms with E-state index in [2.05, 4.69) is 5.92 Å². The second-order valence-corrected chi connectivity index (χ2v) is 4.93. The van der Waals surface area contributed by atoms with Gasteiger partial charge in [0.05, 0.1) is 6.10 Å². The third kappa shape index (κ3) is 6.97. The van der Waals surface area contributed by atoms with Gasteiger partial charge in [0, 0.05) is 18.3 Å². The molecule has 0 aromatic carbocycles. The van der Waals surface area contributed by atoms with Crippen molar-refractivity contribution in [1.29, 1.82) is 0 Å². The molecule has 0 saturated heterocycles. The topological polar surface area (TPSA) is 37.3 Å². The average Bonchev–Trinajstić information content (AvgIpc) is 2.28. The zero-order chi connectivity index (χ0) is 13.4. The minimum atomic E-state index is -0.647. The van der Waals surface area contributed by atoms with Crippen molar-refractivity contribution in [3.63, 3.8) is 0 Å². The molecule has 0 aromatic heterocycles. The number of aliphatic hydroxyl groups is 1. The second-order valence-electron chi connectivity index (χ2n) is 4.93. The standard InChI is InChI=1S/C15H24O2/c1-6-12(4)8-7-9-13(5)15(17)10-14(16)11(2)3/h1,9,11-12,15,17H,7-8,10H2,2-5H3/b13-9+/t12-,15+/m0/s1. The molecule has 0 aliphatic heterocycles. The molecule has 2 nitrogen and oxygen atoms in total. The van der Waals surface area contributed by atoms with Crippen LogP contribution in [0.15, 0.2) is 11.6 Å². The third-order valence-electron chi connectivity index (χ3n) is 2.91. The lowest BCUT2D eigenvalue weighted by Crippen LogP contribution is -2.18. The highest BCUT2D eigenvalue weighted by atomic mass is 16.3. The van der Waals surface area contributed by atoms with Crippen molar-refractivity contribution < 1.29 is 9.90 Å². The summed E-state index contributed by atoms with van der Waals surface area (Å²) in [6.45, 7) is 7.56. The van der Waals surface area contributed by atoms with Gasteiger partial charge in [-0.05, 0) is 25.3 Å². The maximum Gasteiger partial charge on any atom is 0.138 e. The molecule has 0 heterocycles. The summed E-state index contributed by atoms with van der Waals surface area (Å²) in [5, 5.41) is 9.83. The number of hydrogen-bond donors (Lipinski definition) is 1. The van der Waals surface area contributed by atoms with Gasteiger partial charge in [-0.25, -0.2) is 0 Å². The van der Waals surface area contributed by atoms with Crippen LogP contribution in [0.3, 0.4) is 0 Å². The number of Topliss-reactive ketones (excluding diaryl/α,β-unsaturated/α-hetero) is 1. The van der Waals surface area contributed by atoms with Crippen molar-refractivity contribution in [3.8, 4) is 12.3 Å². The van der Waals surface area contributed by atoms with Crippen LogP contribution in [0.2, 0.25) is 0 Å². The molecule has 0 fully saturated rings. The fraction of sp³-hybridized carbons (Fsp3) is 0.667. The normalized spacial score (nSPS) is 15.5. The van der Waals surface area contributed by atoms with Gasteiger partial charge in [-0.2, -0.15) is 0 Å². The van der Waals surface area contributed by atoms with Crippen LogP contribution in [-0.2, 0) is 4.79 Å². The van der Waals surface area contributed by atoms with E-state index in [1.165, 1.54) is 0 Å². The van der Waals surface area contributed by atoms with E-state index in [0.717, 1.165) is 18.4 Å². The molecule has 0 aliphatic carbocycles. The Morgan fingerprint density at radius 2 is 2.00 bits per heavy atom. The summed E-state index contributed by atoms with van der Waals surface area (Å²) in [5.74, 6) is 3.01. The first-order valence-corrected chi connectivity index (χ1v) is 6.22.